The number of hydrogen-bond donors (Lipinski definition) is 1. The number of rotatable bonds is 4. The maximum absolute atomic E-state index is 3.68. The Balaban J connectivity index is 2.06. The van der Waals surface area contributed by atoms with Crippen molar-refractivity contribution in [3.05, 3.63) is 34.3 Å². The van der Waals surface area contributed by atoms with Crippen LogP contribution < -0.4 is 5.32 Å². The van der Waals surface area contributed by atoms with E-state index < -0.39 is 0 Å². The van der Waals surface area contributed by atoms with E-state index in [0.29, 0.717) is 12.1 Å². The van der Waals surface area contributed by atoms with E-state index in [2.05, 4.69) is 64.3 Å². The highest BCUT2D eigenvalue weighted by atomic mass is 79.9. The second kappa shape index (κ2) is 7.41. The van der Waals surface area contributed by atoms with E-state index in [4.69, 9.17) is 0 Å². The van der Waals surface area contributed by atoms with Crippen molar-refractivity contribution in [2.24, 2.45) is 0 Å². The van der Waals surface area contributed by atoms with Gasteiger partial charge in [-0.2, -0.15) is 0 Å². The van der Waals surface area contributed by atoms with Crippen LogP contribution in [0.25, 0.3) is 0 Å². The van der Waals surface area contributed by atoms with Gasteiger partial charge in [-0.15, -0.1) is 0 Å². The number of hydrogen-bond acceptors (Lipinski definition) is 2. The summed E-state index contributed by atoms with van der Waals surface area (Å²) in [6, 6.07) is 9.87. The normalized spacial score (nSPS) is 23.0. The summed E-state index contributed by atoms with van der Waals surface area (Å²) in [5, 5.41) is 3.68. The molecule has 1 aliphatic heterocycles. The van der Waals surface area contributed by atoms with Crippen molar-refractivity contribution >= 4 is 15.9 Å². The Hall–Kier alpha value is -0.380. The van der Waals surface area contributed by atoms with Gasteiger partial charge in [-0.1, -0.05) is 41.4 Å². The van der Waals surface area contributed by atoms with E-state index in [1.807, 2.05) is 0 Å². The Kier molecular flexibility index (Phi) is 5.86. The fraction of sp³-hybridized carbons (Fsp3) is 0.625. The zero-order valence-electron chi connectivity index (χ0n) is 12.0. The van der Waals surface area contributed by atoms with Crippen LogP contribution in [0.15, 0.2) is 28.7 Å². The lowest BCUT2D eigenvalue weighted by Crippen LogP contribution is -2.38. The summed E-state index contributed by atoms with van der Waals surface area (Å²) >= 11 is 3.58. The molecule has 1 heterocycles. The molecule has 1 saturated heterocycles. The molecule has 0 amide bonds. The lowest BCUT2D eigenvalue weighted by atomic mass is 10.1. The summed E-state index contributed by atoms with van der Waals surface area (Å²) < 4.78 is 1.18. The molecule has 2 atom stereocenters. The zero-order valence-corrected chi connectivity index (χ0v) is 13.6. The van der Waals surface area contributed by atoms with Crippen molar-refractivity contribution in [1.82, 2.24) is 10.2 Å². The van der Waals surface area contributed by atoms with Gasteiger partial charge < -0.3 is 5.32 Å². The van der Waals surface area contributed by atoms with Crippen molar-refractivity contribution in [2.45, 2.75) is 45.2 Å². The van der Waals surface area contributed by atoms with E-state index in [9.17, 15) is 0 Å². The van der Waals surface area contributed by atoms with Crippen LogP contribution in [-0.2, 0) is 0 Å². The molecule has 1 aromatic carbocycles. The molecule has 0 spiro atoms. The van der Waals surface area contributed by atoms with Crippen molar-refractivity contribution < 1.29 is 0 Å². The predicted octanol–water partition coefficient (Wildman–Crippen LogP) is 3.97. The van der Waals surface area contributed by atoms with Crippen LogP contribution in [0.4, 0.5) is 0 Å². The Labute approximate surface area is 125 Å². The van der Waals surface area contributed by atoms with Gasteiger partial charge in [0.15, 0.2) is 0 Å². The Morgan fingerprint density at radius 2 is 2.32 bits per heavy atom. The third kappa shape index (κ3) is 4.30. The largest absolute Gasteiger partial charge is 0.313 e. The van der Waals surface area contributed by atoms with Crippen LogP contribution in [0.1, 0.15) is 44.7 Å². The van der Waals surface area contributed by atoms with E-state index >= 15 is 0 Å². The molecular formula is C16H25BrN2. The van der Waals surface area contributed by atoms with Gasteiger partial charge in [-0.3, -0.25) is 4.90 Å². The van der Waals surface area contributed by atoms with Crippen LogP contribution in [0.2, 0.25) is 0 Å². The highest BCUT2D eigenvalue weighted by molar-refractivity contribution is 9.10. The second-order valence-corrected chi connectivity index (χ2v) is 6.43. The molecule has 2 unspecified atom stereocenters. The molecule has 1 fully saturated rings. The average molecular weight is 325 g/mol. The predicted molar refractivity (Wildman–Crippen MR) is 85.4 cm³/mol. The zero-order chi connectivity index (χ0) is 13.7. The maximum atomic E-state index is 3.68. The van der Waals surface area contributed by atoms with Crippen LogP contribution in [0, 0.1) is 0 Å². The van der Waals surface area contributed by atoms with E-state index in [0.717, 1.165) is 6.54 Å². The van der Waals surface area contributed by atoms with Gasteiger partial charge in [-0.05, 0) is 44.0 Å². The monoisotopic (exact) mass is 324 g/mol. The standard InChI is InChI=1S/C16H25BrN2/c1-3-6-16-12-19(10-5-9-18-16)13(2)14-7-4-8-15(17)11-14/h4,7-8,11,13,16,18H,3,5-6,9-10,12H2,1-2H3. The first-order valence-corrected chi connectivity index (χ1v) is 8.23. The molecule has 0 aliphatic carbocycles. The first-order chi connectivity index (χ1) is 9.20. The molecule has 0 saturated carbocycles. The highest BCUT2D eigenvalue weighted by Crippen LogP contribution is 2.24. The van der Waals surface area contributed by atoms with Gasteiger partial charge in [0, 0.05) is 29.6 Å². The molecule has 1 aromatic rings. The smallest absolute Gasteiger partial charge is 0.0320 e. The van der Waals surface area contributed by atoms with Gasteiger partial charge in [-0.25, -0.2) is 0 Å². The van der Waals surface area contributed by atoms with Gasteiger partial charge >= 0.3 is 0 Å². The molecule has 1 N–H and O–H groups in total. The summed E-state index contributed by atoms with van der Waals surface area (Å²) in [5.74, 6) is 0. The first-order valence-electron chi connectivity index (χ1n) is 7.43. The SMILES string of the molecule is CCCC1CN(C(C)c2cccc(Br)c2)CCCN1. The molecule has 106 valence electrons. The molecule has 3 heteroatoms. The molecule has 0 bridgehead atoms. The lowest BCUT2D eigenvalue weighted by Gasteiger charge is -2.30. The van der Waals surface area contributed by atoms with Crippen molar-refractivity contribution in [3.63, 3.8) is 0 Å². The van der Waals surface area contributed by atoms with Crippen LogP contribution in [0.3, 0.4) is 0 Å². The summed E-state index contributed by atoms with van der Waals surface area (Å²) in [5.41, 5.74) is 1.41. The maximum Gasteiger partial charge on any atom is 0.0320 e. The average Bonchev–Trinajstić information content (AvgIpc) is 2.64. The number of halogens is 1. The van der Waals surface area contributed by atoms with Crippen LogP contribution in [0.5, 0.6) is 0 Å². The third-order valence-corrected chi connectivity index (χ3v) is 4.52. The topological polar surface area (TPSA) is 15.3 Å². The fourth-order valence-electron chi connectivity index (χ4n) is 2.90. The lowest BCUT2D eigenvalue weighted by molar-refractivity contribution is 0.203. The number of nitrogens with one attached hydrogen (secondary N) is 1. The van der Waals surface area contributed by atoms with Gasteiger partial charge in [0.05, 0.1) is 0 Å². The summed E-state index contributed by atoms with van der Waals surface area (Å²) in [4.78, 5) is 2.63. The van der Waals surface area contributed by atoms with Crippen molar-refractivity contribution in [2.75, 3.05) is 19.6 Å². The molecular weight excluding hydrogens is 300 g/mol. The molecule has 2 rings (SSSR count). The van der Waals surface area contributed by atoms with Crippen molar-refractivity contribution in [3.8, 4) is 0 Å². The Bertz CT molecular complexity index is 394. The molecule has 0 radical (unpaired) electrons. The molecule has 19 heavy (non-hydrogen) atoms. The first kappa shape index (κ1) is 15.0. The summed E-state index contributed by atoms with van der Waals surface area (Å²) in [6.07, 6.45) is 3.79. The number of benzene rings is 1. The van der Waals surface area contributed by atoms with Crippen LogP contribution >= 0.6 is 15.9 Å². The van der Waals surface area contributed by atoms with E-state index in [-0.39, 0.29) is 0 Å². The third-order valence-electron chi connectivity index (χ3n) is 4.03. The molecule has 1 aliphatic rings. The Morgan fingerprint density at radius 1 is 1.47 bits per heavy atom. The number of nitrogens with zero attached hydrogens (tertiary/aromatic N) is 1. The summed E-state index contributed by atoms with van der Waals surface area (Å²) in [7, 11) is 0. The Morgan fingerprint density at radius 3 is 3.05 bits per heavy atom. The van der Waals surface area contributed by atoms with Crippen molar-refractivity contribution in [1.29, 1.82) is 0 Å². The second-order valence-electron chi connectivity index (χ2n) is 5.52. The van der Waals surface area contributed by atoms with Gasteiger partial charge in [0.2, 0.25) is 0 Å². The van der Waals surface area contributed by atoms with E-state index in [1.54, 1.807) is 0 Å². The van der Waals surface area contributed by atoms with Crippen LogP contribution in [-0.4, -0.2) is 30.6 Å². The minimum absolute atomic E-state index is 0.497. The molecule has 2 nitrogen and oxygen atoms in total. The quantitative estimate of drug-likeness (QED) is 0.901. The van der Waals surface area contributed by atoms with E-state index in [1.165, 1.54) is 42.4 Å². The molecule has 0 aromatic heterocycles. The minimum atomic E-state index is 0.497. The highest BCUT2D eigenvalue weighted by Gasteiger charge is 2.22. The van der Waals surface area contributed by atoms with Gasteiger partial charge in [0.25, 0.3) is 0 Å². The van der Waals surface area contributed by atoms with Gasteiger partial charge in [0.1, 0.15) is 0 Å². The minimum Gasteiger partial charge on any atom is -0.313 e. The fourth-order valence-corrected chi connectivity index (χ4v) is 3.32. The summed E-state index contributed by atoms with van der Waals surface area (Å²) in [6.45, 7) is 8.12.